The van der Waals surface area contributed by atoms with Crippen molar-refractivity contribution in [3.8, 4) is 33.8 Å². The van der Waals surface area contributed by atoms with E-state index in [0.29, 0.717) is 5.69 Å². The highest BCUT2D eigenvalue weighted by Crippen LogP contribution is 2.37. The molecule has 6 nitrogen and oxygen atoms in total. The average molecular weight is 529 g/mol. The second-order valence-corrected chi connectivity index (χ2v) is 11.7. The zero-order valence-corrected chi connectivity index (χ0v) is 23.6. The minimum atomic E-state index is -1.06. The number of hydrogen-bond acceptors (Lipinski definition) is 3. The predicted octanol–water partition coefficient (Wildman–Crippen LogP) is 8.06. The van der Waals surface area contributed by atoms with Crippen molar-refractivity contribution in [1.82, 2.24) is 19.5 Å². The molecule has 0 aliphatic carbocycles. The van der Waals surface area contributed by atoms with E-state index in [1.165, 1.54) is 5.56 Å². The summed E-state index contributed by atoms with van der Waals surface area (Å²) in [6.07, 6.45) is 1.96. The summed E-state index contributed by atoms with van der Waals surface area (Å²) in [6, 6.07) is 22.4. The smallest absolute Gasteiger partial charge is 0.354 e. The van der Waals surface area contributed by atoms with Crippen LogP contribution in [0.15, 0.2) is 72.9 Å². The van der Waals surface area contributed by atoms with E-state index in [9.17, 15) is 9.90 Å². The highest BCUT2D eigenvalue weighted by molar-refractivity contribution is 5.99. The Kier molecular flexibility index (Phi) is 5.88. The lowest BCUT2D eigenvalue weighted by Crippen LogP contribution is -2.11. The summed E-state index contributed by atoms with van der Waals surface area (Å²) >= 11 is 0. The van der Waals surface area contributed by atoms with E-state index >= 15 is 0 Å². The molecule has 0 aliphatic rings. The molecule has 3 heterocycles. The number of carboxylic acid groups (broad SMARTS) is 1. The van der Waals surface area contributed by atoms with Gasteiger partial charge in [-0.3, -0.25) is 0 Å². The first kappa shape index (κ1) is 25.6. The summed E-state index contributed by atoms with van der Waals surface area (Å²) in [7, 11) is 2.02. The Morgan fingerprint density at radius 3 is 2.30 bits per heavy atom. The Balaban J connectivity index is 1.59. The number of carbonyl (C=O) groups is 1. The van der Waals surface area contributed by atoms with Gasteiger partial charge in [-0.05, 0) is 72.4 Å². The van der Waals surface area contributed by atoms with Gasteiger partial charge in [0.25, 0.3) is 0 Å². The Morgan fingerprint density at radius 1 is 0.875 bits per heavy atom. The van der Waals surface area contributed by atoms with Gasteiger partial charge in [0, 0.05) is 29.8 Å². The molecule has 0 aliphatic heterocycles. The number of rotatable bonds is 4. The first-order valence-corrected chi connectivity index (χ1v) is 13.4. The number of imidazole rings is 1. The monoisotopic (exact) mass is 528 g/mol. The number of aromatic nitrogens is 4. The number of pyridine rings is 1. The minimum absolute atomic E-state index is 0.00536. The molecule has 0 radical (unpaired) electrons. The first-order chi connectivity index (χ1) is 19.0. The zero-order chi connectivity index (χ0) is 28.3. The maximum atomic E-state index is 12.1. The SMILES string of the molecule is Cc1cc(C)cc(-c2cc(C(=O)O)nc(-c3cccc4c3nc(-c3cc(C(C)(C)C)cc5cc[nH]c35)n4C)c2)c1. The number of aromatic carboxylic acids is 1. The van der Waals surface area contributed by atoms with Crippen LogP contribution < -0.4 is 0 Å². The van der Waals surface area contributed by atoms with Crippen LogP contribution in [0.4, 0.5) is 0 Å². The van der Waals surface area contributed by atoms with Crippen LogP contribution in [0.3, 0.4) is 0 Å². The molecule has 6 rings (SSSR count). The van der Waals surface area contributed by atoms with Crippen LogP contribution in [0.1, 0.15) is 48.0 Å². The Labute approximate surface area is 233 Å². The molecule has 200 valence electrons. The van der Waals surface area contributed by atoms with Crippen LogP contribution in [0.25, 0.3) is 55.7 Å². The molecule has 2 N–H and O–H groups in total. The van der Waals surface area contributed by atoms with Crippen molar-refractivity contribution < 1.29 is 9.90 Å². The van der Waals surface area contributed by atoms with Crippen LogP contribution in [0.5, 0.6) is 0 Å². The van der Waals surface area contributed by atoms with Crippen molar-refractivity contribution in [2.75, 3.05) is 0 Å². The molecule has 0 saturated heterocycles. The molecular weight excluding hydrogens is 496 g/mol. The summed E-state index contributed by atoms with van der Waals surface area (Å²) in [5.41, 5.74) is 10.4. The first-order valence-electron chi connectivity index (χ1n) is 13.4. The van der Waals surface area contributed by atoms with Gasteiger partial charge in [0.1, 0.15) is 11.5 Å². The number of hydrogen-bond donors (Lipinski definition) is 2. The quantitative estimate of drug-likeness (QED) is 0.242. The van der Waals surface area contributed by atoms with Gasteiger partial charge in [0.15, 0.2) is 0 Å². The number of aryl methyl sites for hydroxylation is 3. The maximum absolute atomic E-state index is 12.1. The second-order valence-electron chi connectivity index (χ2n) is 11.7. The number of benzene rings is 3. The van der Waals surface area contributed by atoms with E-state index in [2.05, 4.69) is 71.7 Å². The number of fused-ring (bicyclic) bond motifs is 2. The molecule has 3 aromatic heterocycles. The lowest BCUT2D eigenvalue weighted by Gasteiger charge is -2.20. The Hall–Kier alpha value is -4.71. The molecule has 6 heteroatoms. The van der Waals surface area contributed by atoms with Gasteiger partial charge < -0.3 is 14.7 Å². The third kappa shape index (κ3) is 4.35. The number of nitrogens with one attached hydrogen (secondary N) is 1. The minimum Gasteiger partial charge on any atom is -0.477 e. The van der Waals surface area contributed by atoms with Crippen LogP contribution in [0.2, 0.25) is 0 Å². The van der Waals surface area contributed by atoms with Gasteiger partial charge in [-0.25, -0.2) is 14.8 Å². The summed E-state index contributed by atoms with van der Waals surface area (Å²) in [5.74, 6) is -0.223. The molecule has 0 atom stereocenters. The van der Waals surface area contributed by atoms with E-state index in [-0.39, 0.29) is 11.1 Å². The largest absolute Gasteiger partial charge is 0.477 e. The van der Waals surface area contributed by atoms with Crippen molar-refractivity contribution >= 4 is 27.9 Å². The van der Waals surface area contributed by atoms with Gasteiger partial charge in [0.05, 0.1) is 22.2 Å². The summed E-state index contributed by atoms with van der Waals surface area (Å²) in [4.78, 5) is 25.3. The highest BCUT2D eigenvalue weighted by atomic mass is 16.4. The molecular formula is C34H32N4O2. The van der Waals surface area contributed by atoms with Crippen LogP contribution in [0, 0.1) is 13.8 Å². The number of carboxylic acids is 1. The topological polar surface area (TPSA) is 83.8 Å². The average Bonchev–Trinajstić information content (AvgIpc) is 3.51. The lowest BCUT2D eigenvalue weighted by molar-refractivity contribution is 0.0690. The number of para-hydroxylation sites is 1. The van der Waals surface area contributed by atoms with Crippen LogP contribution in [-0.2, 0) is 12.5 Å². The predicted molar refractivity (Wildman–Crippen MR) is 162 cm³/mol. The fraction of sp³-hybridized carbons (Fsp3) is 0.206. The third-order valence-corrected chi connectivity index (χ3v) is 7.55. The van der Waals surface area contributed by atoms with Gasteiger partial charge >= 0.3 is 5.97 Å². The van der Waals surface area contributed by atoms with E-state index in [4.69, 9.17) is 4.98 Å². The van der Waals surface area contributed by atoms with Gasteiger partial charge in [0.2, 0.25) is 0 Å². The van der Waals surface area contributed by atoms with Gasteiger partial charge in [-0.1, -0.05) is 62.2 Å². The molecule has 0 bridgehead atoms. The molecule has 0 saturated carbocycles. The molecule has 0 amide bonds. The molecule has 40 heavy (non-hydrogen) atoms. The van der Waals surface area contributed by atoms with E-state index in [0.717, 1.165) is 61.1 Å². The van der Waals surface area contributed by atoms with Crippen molar-refractivity contribution in [1.29, 1.82) is 0 Å². The van der Waals surface area contributed by atoms with Crippen LogP contribution in [-0.4, -0.2) is 30.6 Å². The van der Waals surface area contributed by atoms with Crippen LogP contribution >= 0.6 is 0 Å². The van der Waals surface area contributed by atoms with Gasteiger partial charge in [-0.15, -0.1) is 0 Å². The molecule has 0 unspecified atom stereocenters. The number of aromatic amines is 1. The van der Waals surface area contributed by atoms with E-state index < -0.39 is 5.97 Å². The highest BCUT2D eigenvalue weighted by Gasteiger charge is 2.22. The number of nitrogens with zero attached hydrogens (tertiary/aromatic N) is 3. The summed E-state index contributed by atoms with van der Waals surface area (Å²) in [6.45, 7) is 10.7. The normalized spacial score (nSPS) is 11.9. The van der Waals surface area contributed by atoms with E-state index in [1.54, 1.807) is 6.07 Å². The fourth-order valence-electron chi connectivity index (χ4n) is 5.53. The molecule has 0 fully saturated rings. The zero-order valence-electron chi connectivity index (χ0n) is 23.6. The van der Waals surface area contributed by atoms with Gasteiger partial charge in [-0.2, -0.15) is 0 Å². The standard InChI is InChI=1S/C34H32N4O2/c1-19-12-20(2)14-22(13-19)23-16-27(36-28(17-23)33(39)40)25-8-7-9-29-31(25)37-32(38(29)6)26-18-24(34(3,4)5)15-21-10-11-35-30(21)26/h7-18,35H,1-6H3,(H,39,40). The second kappa shape index (κ2) is 9.19. The fourth-order valence-corrected chi connectivity index (χ4v) is 5.53. The Morgan fingerprint density at radius 2 is 1.60 bits per heavy atom. The molecule has 0 spiro atoms. The summed E-state index contributed by atoms with van der Waals surface area (Å²) in [5, 5.41) is 11.1. The summed E-state index contributed by atoms with van der Waals surface area (Å²) < 4.78 is 2.10. The van der Waals surface area contributed by atoms with E-state index in [1.807, 2.05) is 51.4 Å². The lowest BCUT2D eigenvalue weighted by atomic mass is 9.85. The van der Waals surface area contributed by atoms with Crippen molar-refractivity contribution in [3.05, 3.63) is 95.3 Å². The van der Waals surface area contributed by atoms with Crippen molar-refractivity contribution in [2.45, 2.75) is 40.0 Å². The molecule has 3 aromatic carbocycles. The van der Waals surface area contributed by atoms with Crippen molar-refractivity contribution in [2.24, 2.45) is 7.05 Å². The maximum Gasteiger partial charge on any atom is 0.354 e. The Bertz CT molecular complexity index is 1930. The third-order valence-electron chi connectivity index (χ3n) is 7.55. The molecule has 6 aromatic rings. The number of H-pyrrole nitrogens is 1. The van der Waals surface area contributed by atoms with Crippen molar-refractivity contribution in [3.63, 3.8) is 0 Å².